The molecule has 0 saturated carbocycles. The van der Waals surface area contributed by atoms with Gasteiger partial charge in [-0.2, -0.15) is 4.31 Å². The van der Waals surface area contributed by atoms with Gasteiger partial charge in [0.1, 0.15) is 5.75 Å². The molecule has 1 saturated heterocycles. The van der Waals surface area contributed by atoms with Crippen molar-refractivity contribution in [2.24, 2.45) is 0 Å². The molecule has 0 radical (unpaired) electrons. The van der Waals surface area contributed by atoms with Crippen molar-refractivity contribution in [3.63, 3.8) is 0 Å². The normalized spacial score (nSPS) is 16.2. The number of halogens is 3. The quantitative estimate of drug-likeness (QED) is 0.765. The maximum Gasteiger partial charge on any atom is 0.573 e. The zero-order chi connectivity index (χ0) is 20.5. The van der Waals surface area contributed by atoms with Gasteiger partial charge in [0.15, 0.2) is 0 Å². The molecule has 0 unspecified atom stereocenters. The Balaban J connectivity index is 1.73. The highest BCUT2D eigenvalue weighted by Gasteiger charge is 2.33. The molecule has 0 aromatic heterocycles. The molecule has 1 fully saturated rings. The Morgan fingerprint density at radius 1 is 0.964 bits per heavy atom. The number of piperazine rings is 1. The van der Waals surface area contributed by atoms with Crippen LogP contribution in [0.3, 0.4) is 0 Å². The monoisotopic (exact) mass is 414 g/mol. The van der Waals surface area contributed by atoms with Crippen LogP contribution < -0.4 is 9.64 Å². The minimum Gasteiger partial charge on any atom is -0.406 e. The van der Waals surface area contributed by atoms with E-state index in [0.29, 0.717) is 13.1 Å². The summed E-state index contributed by atoms with van der Waals surface area (Å²) >= 11 is 0. The van der Waals surface area contributed by atoms with Crippen molar-refractivity contribution in [3.8, 4) is 5.75 Å². The molecule has 1 aliphatic rings. The highest BCUT2D eigenvalue weighted by Crippen LogP contribution is 2.28. The van der Waals surface area contributed by atoms with Crippen molar-refractivity contribution in [2.75, 3.05) is 31.1 Å². The molecule has 1 heterocycles. The first-order chi connectivity index (χ1) is 13.1. The lowest BCUT2D eigenvalue weighted by Gasteiger charge is -2.36. The van der Waals surface area contributed by atoms with E-state index in [1.54, 1.807) is 0 Å². The number of rotatable bonds is 4. The second-order valence-electron chi connectivity index (χ2n) is 6.70. The van der Waals surface area contributed by atoms with E-state index in [-0.39, 0.29) is 18.0 Å². The smallest absolute Gasteiger partial charge is 0.406 e. The summed E-state index contributed by atoms with van der Waals surface area (Å²) in [5.41, 5.74) is 3.33. The Bertz CT molecular complexity index is 953. The fourth-order valence-electron chi connectivity index (χ4n) is 3.31. The topological polar surface area (TPSA) is 49.9 Å². The number of aryl methyl sites for hydroxylation is 2. The zero-order valence-corrected chi connectivity index (χ0v) is 16.3. The van der Waals surface area contributed by atoms with E-state index < -0.39 is 22.1 Å². The zero-order valence-electron chi connectivity index (χ0n) is 15.5. The Hall–Kier alpha value is -2.26. The molecule has 3 rings (SSSR count). The molecule has 0 amide bonds. The SMILES string of the molecule is Cc1ccc(N2CCN(S(=O)(=O)c3cccc(OC(F)(F)F)c3)CC2)c(C)c1. The molecule has 2 aromatic rings. The van der Waals surface area contributed by atoms with Crippen LogP contribution in [0.15, 0.2) is 47.4 Å². The lowest BCUT2D eigenvalue weighted by Crippen LogP contribution is -2.48. The van der Waals surface area contributed by atoms with Gasteiger partial charge in [-0.3, -0.25) is 0 Å². The molecular formula is C19H21F3N2O3S. The minimum absolute atomic E-state index is 0.214. The first-order valence-electron chi connectivity index (χ1n) is 8.74. The van der Waals surface area contributed by atoms with Gasteiger partial charge in [-0.05, 0) is 37.6 Å². The maximum atomic E-state index is 12.8. The lowest BCUT2D eigenvalue weighted by molar-refractivity contribution is -0.274. The van der Waals surface area contributed by atoms with Gasteiger partial charge in [0, 0.05) is 37.9 Å². The summed E-state index contributed by atoms with van der Waals surface area (Å²) in [5, 5.41) is 0. The van der Waals surface area contributed by atoms with E-state index in [0.717, 1.165) is 28.9 Å². The molecule has 0 N–H and O–H groups in total. The predicted octanol–water partition coefficient (Wildman–Crippen LogP) is 3.71. The Morgan fingerprint density at radius 2 is 1.64 bits per heavy atom. The molecule has 28 heavy (non-hydrogen) atoms. The van der Waals surface area contributed by atoms with Crippen LogP contribution >= 0.6 is 0 Å². The number of sulfonamides is 1. The lowest BCUT2D eigenvalue weighted by atomic mass is 10.1. The molecule has 0 bridgehead atoms. The molecule has 0 spiro atoms. The van der Waals surface area contributed by atoms with Crippen LogP contribution in [0.1, 0.15) is 11.1 Å². The Morgan fingerprint density at radius 3 is 2.25 bits per heavy atom. The summed E-state index contributed by atoms with van der Waals surface area (Å²) in [4.78, 5) is 1.90. The Kier molecular flexibility index (Phi) is 5.58. The minimum atomic E-state index is -4.88. The molecule has 9 heteroatoms. The molecule has 0 atom stereocenters. The van der Waals surface area contributed by atoms with Gasteiger partial charge < -0.3 is 9.64 Å². The summed E-state index contributed by atoms with van der Waals surface area (Å²) in [5.74, 6) is -0.553. The summed E-state index contributed by atoms with van der Waals surface area (Å²) in [7, 11) is -3.90. The summed E-state index contributed by atoms with van der Waals surface area (Å²) in [6.45, 7) is 5.53. The van der Waals surface area contributed by atoms with Gasteiger partial charge >= 0.3 is 6.36 Å². The van der Waals surface area contributed by atoms with Gasteiger partial charge in [0.05, 0.1) is 4.90 Å². The van der Waals surface area contributed by atoms with E-state index >= 15 is 0 Å². The van der Waals surface area contributed by atoms with E-state index in [2.05, 4.69) is 15.7 Å². The third-order valence-corrected chi connectivity index (χ3v) is 6.50. The molecule has 1 aliphatic heterocycles. The molecular weight excluding hydrogens is 393 g/mol. The van der Waals surface area contributed by atoms with Crippen molar-refractivity contribution in [3.05, 3.63) is 53.6 Å². The van der Waals surface area contributed by atoms with Gasteiger partial charge in [0.2, 0.25) is 10.0 Å². The highest BCUT2D eigenvalue weighted by molar-refractivity contribution is 7.89. The number of ether oxygens (including phenoxy) is 1. The highest BCUT2D eigenvalue weighted by atomic mass is 32.2. The molecule has 0 aliphatic carbocycles. The van der Waals surface area contributed by atoms with Gasteiger partial charge in [-0.25, -0.2) is 8.42 Å². The summed E-state index contributed by atoms with van der Waals surface area (Å²) < 4.78 is 68.0. The standard InChI is InChI=1S/C19H21F3N2O3S/c1-14-6-7-18(15(2)12-14)23-8-10-24(11-9-23)28(25,26)17-5-3-4-16(13-17)27-19(20,21)22/h3-7,12-13H,8-11H2,1-2H3. The van der Waals surface area contributed by atoms with Crippen LogP contribution in [0.2, 0.25) is 0 Å². The maximum absolute atomic E-state index is 12.8. The van der Waals surface area contributed by atoms with E-state index in [1.807, 2.05) is 26.0 Å². The number of anilines is 1. The summed E-state index contributed by atoms with van der Waals surface area (Å²) in [6, 6.07) is 10.6. The molecule has 152 valence electrons. The second-order valence-corrected chi connectivity index (χ2v) is 8.64. The molecule has 2 aromatic carbocycles. The third-order valence-electron chi connectivity index (χ3n) is 4.61. The average Bonchev–Trinajstić information content (AvgIpc) is 2.61. The van der Waals surface area contributed by atoms with Crippen LogP contribution in [-0.4, -0.2) is 45.3 Å². The van der Waals surface area contributed by atoms with Gasteiger partial charge in [-0.15, -0.1) is 13.2 Å². The first kappa shape index (κ1) is 20.5. The number of alkyl halides is 3. The predicted molar refractivity (Wildman–Crippen MR) is 100 cm³/mol. The van der Waals surface area contributed by atoms with Crippen LogP contribution in [0.4, 0.5) is 18.9 Å². The third kappa shape index (κ3) is 4.59. The van der Waals surface area contributed by atoms with Crippen molar-refractivity contribution in [1.29, 1.82) is 0 Å². The number of hydrogen-bond donors (Lipinski definition) is 0. The first-order valence-corrected chi connectivity index (χ1v) is 10.2. The van der Waals surface area contributed by atoms with Crippen LogP contribution in [-0.2, 0) is 10.0 Å². The van der Waals surface area contributed by atoms with Crippen LogP contribution in [0.5, 0.6) is 5.75 Å². The van der Waals surface area contributed by atoms with E-state index in [4.69, 9.17) is 0 Å². The van der Waals surface area contributed by atoms with Crippen LogP contribution in [0.25, 0.3) is 0 Å². The number of nitrogens with zero attached hydrogens (tertiary/aromatic N) is 2. The van der Waals surface area contributed by atoms with Gasteiger partial charge in [-0.1, -0.05) is 23.8 Å². The van der Waals surface area contributed by atoms with Gasteiger partial charge in [0.25, 0.3) is 0 Å². The van der Waals surface area contributed by atoms with E-state index in [1.165, 1.54) is 16.4 Å². The van der Waals surface area contributed by atoms with Crippen molar-refractivity contribution in [2.45, 2.75) is 25.1 Å². The largest absolute Gasteiger partial charge is 0.573 e. The fraction of sp³-hybridized carbons (Fsp3) is 0.368. The average molecular weight is 414 g/mol. The molecule has 5 nitrogen and oxygen atoms in total. The summed E-state index contributed by atoms with van der Waals surface area (Å²) in [6.07, 6.45) is -4.88. The van der Waals surface area contributed by atoms with Crippen LogP contribution in [0, 0.1) is 13.8 Å². The fourth-order valence-corrected chi connectivity index (χ4v) is 4.77. The van der Waals surface area contributed by atoms with Crippen molar-refractivity contribution in [1.82, 2.24) is 4.31 Å². The van der Waals surface area contributed by atoms with Crippen molar-refractivity contribution >= 4 is 15.7 Å². The van der Waals surface area contributed by atoms with E-state index in [9.17, 15) is 21.6 Å². The van der Waals surface area contributed by atoms with Crippen molar-refractivity contribution < 1.29 is 26.3 Å². The number of benzene rings is 2. The Labute approximate surface area is 162 Å². The second kappa shape index (κ2) is 7.63. The number of hydrogen-bond acceptors (Lipinski definition) is 4.